The van der Waals surface area contributed by atoms with Gasteiger partial charge in [-0.1, -0.05) is 19.9 Å². The van der Waals surface area contributed by atoms with Gasteiger partial charge in [-0.2, -0.15) is 0 Å². The number of nitrogens with zero attached hydrogens (tertiary/aromatic N) is 3. The number of thiazole rings is 1. The molecule has 2 heterocycles. The Labute approximate surface area is 150 Å². The Bertz CT molecular complexity index is 772. The van der Waals surface area contributed by atoms with Crippen LogP contribution >= 0.6 is 23.1 Å². The molecular weight excluding hydrogens is 338 g/mol. The maximum absolute atomic E-state index is 5.89. The Kier molecular flexibility index (Phi) is 6.07. The highest BCUT2D eigenvalue weighted by molar-refractivity contribution is 8.01. The van der Waals surface area contributed by atoms with Crippen molar-refractivity contribution in [2.75, 3.05) is 26.2 Å². The lowest BCUT2D eigenvalue weighted by Crippen LogP contribution is -2.27. The highest BCUT2D eigenvalue weighted by Crippen LogP contribution is 2.34. The molecule has 3 aromatic rings. The van der Waals surface area contributed by atoms with Crippen LogP contribution in [0.15, 0.2) is 52.0 Å². The second kappa shape index (κ2) is 8.46. The first-order chi connectivity index (χ1) is 11.8. The van der Waals surface area contributed by atoms with Crippen molar-refractivity contribution in [2.24, 2.45) is 0 Å². The molecule has 0 atom stereocenters. The fraction of sp³-hybridized carbons (Fsp3) is 0.333. The van der Waals surface area contributed by atoms with E-state index in [-0.39, 0.29) is 0 Å². The zero-order valence-corrected chi connectivity index (χ0v) is 15.6. The molecular formula is C18H21N3OS2. The van der Waals surface area contributed by atoms with Gasteiger partial charge in [0.15, 0.2) is 4.34 Å². The first-order valence-corrected chi connectivity index (χ1v) is 9.76. The molecule has 0 aliphatic rings. The van der Waals surface area contributed by atoms with E-state index in [2.05, 4.69) is 34.8 Å². The Hall–Kier alpha value is -1.63. The SMILES string of the molecule is CCN(CC)CCOc1ccc2nc(Sc3ccccn3)sc2c1. The molecule has 0 amide bonds. The van der Waals surface area contributed by atoms with Crippen LogP contribution in [0.3, 0.4) is 0 Å². The summed E-state index contributed by atoms with van der Waals surface area (Å²) in [6.45, 7) is 8.13. The quantitative estimate of drug-likeness (QED) is 0.589. The lowest BCUT2D eigenvalue weighted by atomic mass is 10.3. The molecule has 0 spiro atoms. The van der Waals surface area contributed by atoms with Gasteiger partial charge in [-0.15, -0.1) is 11.3 Å². The third-order valence-corrected chi connectivity index (χ3v) is 5.77. The summed E-state index contributed by atoms with van der Waals surface area (Å²) in [5.74, 6) is 0.910. The molecule has 0 unspecified atom stereocenters. The van der Waals surface area contributed by atoms with Crippen molar-refractivity contribution in [1.29, 1.82) is 0 Å². The summed E-state index contributed by atoms with van der Waals surface area (Å²) in [5.41, 5.74) is 1.01. The molecule has 1 aromatic carbocycles. The first-order valence-electron chi connectivity index (χ1n) is 8.13. The van der Waals surface area contributed by atoms with Crippen LogP contribution in [-0.4, -0.2) is 41.1 Å². The number of likely N-dealkylation sites (N-methyl/N-ethyl adjacent to an activating group) is 1. The molecule has 24 heavy (non-hydrogen) atoms. The predicted octanol–water partition coefficient (Wildman–Crippen LogP) is 4.56. The van der Waals surface area contributed by atoms with Crippen LogP contribution in [0.25, 0.3) is 10.2 Å². The zero-order chi connectivity index (χ0) is 16.8. The van der Waals surface area contributed by atoms with Crippen molar-refractivity contribution in [1.82, 2.24) is 14.9 Å². The predicted molar refractivity (Wildman–Crippen MR) is 101 cm³/mol. The van der Waals surface area contributed by atoms with Crippen molar-refractivity contribution in [3.8, 4) is 5.75 Å². The van der Waals surface area contributed by atoms with E-state index in [0.29, 0.717) is 6.61 Å². The van der Waals surface area contributed by atoms with E-state index in [9.17, 15) is 0 Å². The minimum absolute atomic E-state index is 0.710. The van der Waals surface area contributed by atoms with E-state index in [1.807, 2.05) is 30.3 Å². The van der Waals surface area contributed by atoms with Gasteiger partial charge in [0.25, 0.3) is 0 Å². The molecule has 0 aliphatic carbocycles. The maximum atomic E-state index is 5.89. The first kappa shape index (κ1) is 17.2. The lowest BCUT2D eigenvalue weighted by molar-refractivity contribution is 0.223. The summed E-state index contributed by atoms with van der Waals surface area (Å²) in [7, 11) is 0. The summed E-state index contributed by atoms with van der Waals surface area (Å²) in [6, 6.07) is 12.0. The van der Waals surface area contributed by atoms with Gasteiger partial charge in [0, 0.05) is 12.7 Å². The fourth-order valence-electron chi connectivity index (χ4n) is 2.35. The molecule has 0 radical (unpaired) electrons. The number of rotatable bonds is 8. The topological polar surface area (TPSA) is 38.2 Å². The molecule has 6 heteroatoms. The third kappa shape index (κ3) is 4.47. The second-order valence-corrected chi connectivity index (χ2v) is 7.55. The van der Waals surface area contributed by atoms with Crippen LogP contribution in [-0.2, 0) is 0 Å². The van der Waals surface area contributed by atoms with Crippen LogP contribution in [0.1, 0.15) is 13.8 Å². The minimum Gasteiger partial charge on any atom is -0.492 e. The summed E-state index contributed by atoms with van der Waals surface area (Å²) in [4.78, 5) is 11.4. The number of pyridine rings is 1. The van der Waals surface area contributed by atoms with E-state index in [4.69, 9.17) is 4.74 Å². The van der Waals surface area contributed by atoms with Crippen LogP contribution < -0.4 is 4.74 Å². The lowest BCUT2D eigenvalue weighted by Gasteiger charge is -2.17. The van der Waals surface area contributed by atoms with Gasteiger partial charge in [-0.25, -0.2) is 9.97 Å². The van der Waals surface area contributed by atoms with Crippen LogP contribution in [0, 0.1) is 0 Å². The standard InChI is InChI=1S/C18H21N3OS2/c1-3-21(4-2)11-12-22-14-8-9-15-16(13-14)23-18(20-15)24-17-7-5-6-10-19-17/h5-10,13H,3-4,11-12H2,1-2H3. The van der Waals surface area contributed by atoms with Crippen LogP contribution in [0.4, 0.5) is 0 Å². The van der Waals surface area contributed by atoms with Crippen LogP contribution in [0.5, 0.6) is 5.75 Å². The fourth-order valence-corrected chi connectivity index (χ4v) is 4.35. The zero-order valence-electron chi connectivity index (χ0n) is 13.9. The van der Waals surface area contributed by atoms with Crippen molar-refractivity contribution in [3.63, 3.8) is 0 Å². The molecule has 0 aliphatic heterocycles. The van der Waals surface area contributed by atoms with E-state index >= 15 is 0 Å². The number of ether oxygens (including phenoxy) is 1. The van der Waals surface area contributed by atoms with Gasteiger partial charge < -0.3 is 9.64 Å². The molecule has 0 saturated heterocycles. The van der Waals surface area contributed by atoms with E-state index in [1.165, 1.54) is 0 Å². The van der Waals surface area contributed by atoms with Gasteiger partial charge in [0.1, 0.15) is 17.4 Å². The van der Waals surface area contributed by atoms with Crippen molar-refractivity contribution in [3.05, 3.63) is 42.6 Å². The van der Waals surface area contributed by atoms with Gasteiger partial charge in [-0.3, -0.25) is 0 Å². The third-order valence-electron chi connectivity index (χ3n) is 3.74. The number of aromatic nitrogens is 2. The Morgan fingerprint density at radius 2 is 2.04 bits per heavy atom. The van der Waals surface area contributed by atoms with Gasteiger partial charge in [0.2, 0.25) is 0 Å². The summed E-state index contributed by atoms with van der Waals surface area (Å²) in [5, 5.41) is 0.965. The number of hydrogen-bond donors (Lipinski definition) is 0. The van der Waals surface area contributed by atoms with E-state index < -0.39 is 0 Å². The maximum Gasteiger partial charge on any atom is 0.157 e. The summed E-state index contributed by atoms with van der Waals surface area (Å²) >= 11 is 3.27. The molecule has 0 N–H and O–H groups in total. The van der Waals surface area contributed by atoms with Crippen LogP contribution in [0.2, 0.25) is 0 Å². The number of benzene rings is 1. The number of fused-ring (bicyclic) bond motifs is 1. The normalized spacial score (nSPS) is 11.3. The average Bonchev–Trinajstić information content (AvgIpc) is 3.01. The monoisotopic (exact) mass is 359 g/mol. The molecule has 0 fully saturated rings. The molecule has 126 valence electrons. The Morgan fingerprint density at radius 1 is 1.17 bits per heavy atom. The molecule has 3 rings (SSSR count). The Balaban J connectivity index is 1.65. The van der Waals surface area contributed by atoms with Crippen molar-refractivity contribution >= 4 is 33.3 Å². The molecule has 4 nitrogen and oxygen atoms in total. The second-order valence-electron chi connectivity index (χ2n) is 5.25. The highest BCUT2D eigenvalue weighted by atomic mass is 32.2. The highest BCUT2D eigenvalue weighted by Gasteiger charge is 2.08. The molecule has 2 aromatic heterocycles. The van der Waals surface area contributed by atoms with E-state index in [0.717, 1.165) is 45.0 Å². The summed E-state index contributed by atoms with van der Waals surface area (Å²) < 4.78 is 8.04. The molecule has 0 bridgehead atoms. The summed E-state index contributed by atoms with van der Waals surface area (Å²) in [6.07, 6.45) is 1.80. The molecule has 0 saturated carbocycles. The van der Waals surface area contributed by atoms with Crippen molar-refractivity contribution in [2.45, 2.75) is 23.2 Å². The van der Waals surface area contributed by atoms with Gasteiger partial charge in [-0.05, 0) is 55.2 Å². The Morgan fingerprint density at radius 3 is 2.79 bits per heavy atom. The van der Waals surface area contributed by atoms with Crippen molar-refractivity contribution < 1.29 is 4.74 Å². The number of hydrogen-bond acceptors (Lipinski definition) is 6. The average molecular weight is 360 g/mol. The minimum atomic E-state index is 0.710. The van der Waals surface area contributed by atoms with E-state index in [1.54, 1.807) is 29.3 Å². The largest absolute Gasteiger partial charge is 0.492 e. The van der Waals surface area contributed by atoms with Gasteiger partial charge in [0.05, 0.1) is 10.2 Å². The smallest absolute Gasteiger partial charge is 0.157 e. The van der Waals surface area contributed by atoms with Gasteiger partial charge >= 0.3 is 0 Å².